The van der Waals surface area contributed by atoms with Gasteiger partial charge in [0.25, 0.3) is 0 Å². The minimum Gasteiger partial charge on any atom is -0.247 e. The van der Waals surface area contributed by atoms with Crippen LogP contribution in [0.2, 0.25) is 0 Å². The molecule has 2 rings (SSSR count). The maximum Gasteiger partial charge on any atom is 0.147 e. The zero-order chi connectivity index (χ0) is 7.14. The van der Waals surface area contributed by atoms with Crippen molar-refractivity contribution >= 4 is 0 Å². The van der Waals surface area contributed by atoms with Crippen LogP contribution in [0.1, 0.15) is 31.0 Å². The van der Waals surface area contributed by atoms with Crippen LogP contribution in [0, 0.1) is 6.92 Å². The van der Waals surface area contributed by atoms with Crippen LogP contribution in [0.25, 0.3) is 0 Å². The van der Waals surface area contributed by atoms with Gasteiger partial charge in [0.15, 0.2) is 0 Å². The third-order valence-corrected chi connectivity index (χ3v) is 2.01. The average molecular weight is 137 g/mol. The third kappa shape index (κ3) is 0.664. The number of fused-ring (bicyclic) bond motifs is 1. The van der Waals surface area contributed by atoms with Crippen LogP contribution in [-0.2, 0) is 6.42 Å². The van der Waals surface area contributed by atoms with E-state index < -0.39 is 0 Å². The summed E-state index contributed by atoms with van der Waals surface area (Å²) in [5, 5.41) is 4.28. The van der Waals surface area contributed by atoms with Gasteiger partial charge in [-0.05, 0) is 20.3 Å². The van der Waals surface area contributed by atoms with Crippen molar-refractivity contribution in [2.45, 2.75) is 32.7 Å². The van der Waals surface area contributed by atoms with E-state index in [1.165, 1.54) is 6.42 Å². The second-order valence-electron chi connectivity index (χ2n) is 2.91. The number of aromatic nitrogens is 3. The predicted molar refractivity (Wildman–Crippen MR) is 37.8 cm³/mol. The Kier molecular flexibility index (Phi) is 1.07. The summed E-state index contributed by atoms with van der Waals surface area (Å²) in [5.41, 5.74) is 0. The molecule has 0 aromatic carbocycles. The van der Waals surface area contributed by atoms with Crippen LogP contribution in [0.4, 0.5) is 0 Å². The minimum absolute atomic E-state index is 0.566. The summed E-state index contributed by atoms with van der Waals surface area (Å²) in [6.45, 7) is 4.13. The van der Waals surface area contributed by atoms with Crippen molar-refractivity contribution in [1.82, 2.24) is 14.8 Å². The number of hydrogen-bond acceptors (Lipinski definition) is 2. The summed E-state index contributed by atoms with van der Waals surface area (Å²) in [5.74, 6) is 2.06. The zero-order valence-electron chi connectivity index (χ0n) is 6.33. The van der Waals surface area contributed by atoms with E-state index in [4.69, 9.17) is 0 Å². The van der Waals surface area contributed by atoms with Crippen molar-refractivity contribution in [3.05, 3.63) is 11.6 Å². The molecular weight excluding hydrogens is 126 g/mol. The summed E-state index contributed by atoms with van der Waals surface area (Å²) < 4.78 is 2.04. The van der Waals surface area contributed by atoms with E-state index in [0.717, 1.165) is 18.1 Å². The van der Waals surface area contributed by atoms with E-state index in [1.807, 2.05) is 11.6 Å². The summed E-state index contributed by atoms with van der Waals surface area (Å²) in [4.78, 5) is 4.29. The molecule has 1 aromatic heterocycles. The summed E-state index contributed by atoms with van der Waals surface area (Å²) in [6, 6.07) is 0.566. The van der Waals surface area contributed by atoms with Gasteiger partial charge in [0.05, 0.1) is 6.04 Å². The van der Waals surface area contributed by atoms with Crippen LogP contribution >= 0.6 is 0 Å². The number of rotatable bonds is 0. The lowest BCUT2D eigenvalue weighted by Gasteiger charge is -2.00. The Morgan fingerprint density at radius 1 is 1.60 bits per heavy atom. The van der Waals surface area contributed by atoms with Gasteiger partial charge in [-0.2, -0.15) is 5.10 Å². The van der Waals surface area contributed by atoms with Crippen molar-refractivity contribution in [2.24, 2.45) is 0 Å². The molecule has 2 heterocycles. The largest absolute Gasteiger partial charge is 0.247 e. The van der Waals surface area contributed by atoms with E-state index in [1.54, 1.807) is 0 Å². The van der Waals surface area contributed by atoms with Gasteiger partial charge >= 0.3 is 0 Å². The van der Waals surface area contributed by atoms with Gasteiger partial charge in [0.1, 0.15) is 11.6 Å². The fourth-order valence-corrected chi connectivity index (χ4v) is 1.46. The van der Waals surface area contributed by atoms with Gasteiger partial charge < -0.3 is 0 Å². The standard InChI is InChI=1S/C7H11N3/c1-5-3-4-7-8-6(2)9-10(5)7/h5H,3-4H2,1-2H3. The van der Waals surface area contributed by atoms with Crippen LogP contribution in [-0.4, -0.2) is 14.8 Å². The average Bonchev–Trinajstić information content (AvgIpc) is 2.35. The highest BCUT2D eigenvalue weighted by Gasteiger charge is 2.20. The van der Waals surface area contributed by atoms with Crippen molar-refractivity contribution in [3.8, 4) is 0 Å². The maximum absolute atomic E-state index is 4.29. The smallest absolute Gasteiger partial charge is 0.147 e. The number of aryl methyl sites for hydroxylation is 2. The molecule has 1 aliphatic rings. The third-order valence-electron chi connectivity index (χ3n) is 2.01. The van der Waals surface area contributed by atoms with Gasteiger partial charge in [-0.15, -0.1) is 0 Å². The molecule has 3 nitrogen and oxygen atoms in total. The second kappa shape index (κ2) is 1.81. The molecule has 0 saturated heterocycles. The minimum atomic E-state index is 0.566. The Morgan fingerprint density at radius 2 is 2.40 bits per heavy atom. The lowest BCUT2D eigenvalue weighted by Crippen LogP contribution is -2.00. The molecule has 10 heavy (non-hydrogen) atoms. The van der Waals surface area contributed by atoms with Gasteiger partial charge in [-0.25, -0.2) is 9.67 Å². The summed E-state index contributed by atoms with van der Waals surface area (Å²) in [6.07, 6.45) is 2.30. The van der Waals surface area contributed by atoms with Crippen LogP contribution in [0.3, 0.4) is 0 Å². The highest BCUT2D eigenvalue weighted by Crippen LogP contribution is 2.22. The second-order valence-corrected chi connectivity index (χ2v) is 2.91. The molecule has 3 heteroatoms. The normalized spacial score (nSPS) is 23.2. The molecule has 1 aromatic rings. The number of nitrogens with zero attached hydrogens (tertiary/aromatic N) is 3. The lowest BCUT2D eigenvalue weighted by atomic mass is 10.2. The first-order valence-corrected chi connectivity index (χ1v) is 3.69. The Balaban J connectivity index is 2.49. The molecule has 0 saturated carbocycles. The van der Waals surface area contributed by atoms with Crippen molar-refractivity contribution in [2.75, 3.05) is 0 Å². The van der Waals surface area contributed by atoms with Crippen molar-refractivity contribution in [3.63, 3.8) is 0 Å². The van der Waals surface area contributed by atoms with E-state index in [0.29, 0.717) is 6.04 Å². The fraction of sp³-hybridized carbons (Fsp3) is 0.714. The molecule has 0 spiro atoms. The molecule has 0 fully saturated rings. The zero-order valence-corrected chi connectivity index (χ0v) is 6.33. The molecule has 0 radical (unpaired) electrons. The van der Waals surface area contributed by atoms with Crippen LogP contribution in [0.15, 0.2) is 0 Å². The first-order valence-electron chi connectivity index (χ1n) is 3.69. The summed E-state index contributed by atoms with van der Waals surface area (Å²) in [7, 11) is 0. The Labute approximate surface area is 60.1 Å². The molecular formula is C7H11N3. The molecule has 0 aliphatic carbocycles. The van der Waals surface area contributed by atoms with Gasteiger partial charge in [-0.1, -0.05) is 0 Å². The van der Waals surface area contributed by atoms with Crippen molar-refractivity contribution < 1.29 is 0 Å². The highest BCUT2D eigenvalue weighted by atomic mass is 15.4. The predicted octanol–water partition coefficient (Wildman–Crippen LogP) is 1.09. The van der Waals surface area contributed by atoms with Crippen LogP contribution in [0.5, 0.6) is 0 Å². The quantitative estimate of drug-likeness (QED) is 0.536. The molecule has 1 atom stereocenters. The Hall–Kier alpha value is -0.860. The molecule has 0 amide bonds. The topological polar surface area (TPSA) is 30.7 Å². The SMILES string of the molecule is Cc1nc2n(n1)C(C)CC2. The molecule has 54 valence electrons. The lowest BCUT2D eigenvalue weighted by molar-refractivity contribution is 0.518. The Morgan fingerprint density at radius 3 is 3.10 bits per heavy atom. The number of hydrogen-bond donors (Lipinski definition) is 0. The highest BCUT2D eigenvalue weighted by molar-refractivity contribution is 4.98. The molecule has 0 N–H and O–H groups in total. The Bertz CT molecular complexity index is 251. The first-order chi connectivity index (χ1) is 4.77. The van der Waals surface area contributed by atoms with E-state index >= 15 is 0 Å². The maximum atomic E-state index is 4.29. The monoisotopic (exact) mass is 137 g/mol. The first kappa shape index (κ1) is 5.89. The van der Waals surface area contributed by atoms with E-state index in [9.17, 15) is 0 Å². The van der Waals surface area contributed by atoms with E-state index in [2.05, 4.69) is 17.0 Å². The van der Waals surface area contributed by atoms with Crippen LogP contribution < -0.4 is 0 Å². The van der Waals surface area contributed by atoms with E-state index in [-0.39, 0.29) is 0 Å². The molecule has 0 bridgehead atoms. The fourth-order valence-electron chi connectivity index (χ4n) is 1.46. The summed E-state index contributed by atoms with van der Waals surface area (Å²) >= 11 is 0. The van der Waals surface area contributed by atoms with Crippen molar-refractivity contribution in [1.29, 1.82) is 0 Å². The molecule has 1 unspecified atom stereocenters. The molecule has 1 aliphatic heterocycles. The van der Waals surface area contributed by atoms with Gasteiger partial charge in [0.2, 0.25) is 0 Å². The van der Waals surface area contributed by atoms with Gasteiger partial charge in [0, 0.05) is 6.42 Å². The van der Waals surface area contributed by atoms with Gasteiger partial charge in [-0.3, -0.25) is 0 Å².